The van der Waals surface area contributed by atoms with Crippen molar-refractivity contribution in [3.63, 3.8) is 0 Å². The zero-order valence-electron chi connectivity index (χ0n) is 24.0. The van der Waals surface area contributed by atoms with E-state index in [4.69, 9.17) is 4.98 Å². The third-order valence-electron chi connectivity index (χ3n) is 7.67. The predicted octanol–water partition coefficient (Wildman–Crippen LogP) is 5.41. The van der Waals surface area contributed by atoms with Crippen molar-refractivity contribution in [3.05, 3.63) is 88.3 Å². The molecule has 6 heteroatoms. The number of aromatic amines is 2. The van der Waals surface area contributed by atoms with Gasteiger partial charge in [-0.15, -0.1) is 0 Å². The topological polar surface area (TPSA) is 63.8 Å². The molecule has 0 atom stereocenters. The standard InChI is InChI=1S/C33H44N6/c1-7-16-30(39-19-12-11-13-20-39)31-25(6)34-33(35-31)32-29(24(5)36-37-32)22-28(10-4)27(9-3)21-26(8-2)23-38-17-14-15-18-38/h7-10,16,21-22,36H,1-2,5,11-15,17-20,23H2,3-4,6H3,(H,34,35)/b26-21+,27-9+,28-10+,29-22+,30-16+. The summed E-state index contributed by atoms with van der Waals surface area (Å²) in [5.41, 5.74) is 7.34. The van der Waals surface area contributed by atoms with E-state index in [1.165, 1.54) is 37.7 Å². The van der Waals surface area contributed by atoms with E-state index in [0.29, 0.717) is 0 Å². The van der Waals surface area contributed by atoms with E-state index in [1.807, 2.05) is 12.2 Å². The summed E-state index contributed by atoms with van der Waals surface area (Å²) in [5, 5.41) is 9.41. The van der Waals surface area contributed by atoms with Crippen LogP contribution in [0.3, 0.4) is 0 Å². The Morgan fingerprint density at radius 3 is 2.31 bits per heavy atom. The van der Waals surface area contributed by atoms with Crippen LogP contribution in [0, 0.1) is 6.92 Å². The van der Waals surface area contributed by atoms with Gasteiger partial charge in [-0.3, -0.25) is 10.00 Å². The van der Waals surface area contributed by atoms with Crippen LogP contribution >= 0.6 is 0 Å². The maximum absolute atomic E-state index is 5.06. The maximum Gasteiger partial charge on any atom is 0.159 e. The lowest BCUT2D eigenvalue weighted by molar-refractivity contribution is 0.325. The van der Waals surface area contributed by atoms with Crippen LogP contribution in [-0.4, -0.2) is 62.7 Å². The van der Waals surface area contributed by atoms with Crippen LogP contribution < -0.4 is 10.6 Å². The highest BCUT2D eigenvalue weighted by atomic mass is 15.2. The second kappa shape index (κ2) is 13.4. The summed E-state index contributed by atoms with van der Waals surface area (Å²) in [6.07, 6.45) is 20.9. The van der Waals surface area contributed by atoms with Crippen molar-refractivity contribution in [2.45, 2.75) is 52.9 Å². The number of hydrogen-bond acceptors (Lipinski definition) is 4. The van der Waals surface area contributed by atoms with E-state index in [1.54, 1.807) is 0 Å². The predicted molar refractivity (Wildman–Crippen MR) is 165 cm³/mol. The van der Waals surface area contributed by atoms with E-state index in [-0.39, 0.29) is 0 Å². The number of aryl methyl sites for hydroxylation is 1. The molecule has 4 heterocycles. The van der Waals surface area contributed by atoms with Gasteiger partial charge in [0.15, 0.2) is 5.82 Å². The molecule has 6 nitrogen and oxygen atoms in total. The first-order valence-electron chi connectivity index (χ1n) is 14.3. The summed E-state index contributed by atoms with van der Waals surface area (Å²) in [6.45, 7) is 23.9. The first-order chi connectivity index (χ1) is 19.0. The Hall–Kier alpha value is -3.64. The SMILES string of the molecule is C=C/C=C(\c1nc(-c2n[nH]c(=C)\c2=C/C(=C\C)C(/C=C(\C=C)CN2CCCC2)=C/C)[nH]c1C)N1CCCCC1. The lowest BCUT2D eigenvalue weighted by Crippen LogP contribution is -2.28. The van der Waals surface area contributed by atoms with Crippen LogP contribution in [0.5, 0.6) is 0 Å². The van der Waals surface area contributed by atoms with Crippen LogP contribution in [0.25, 0.3) is 29.9 Å². The normalized spacial score (nSPS) is 18.7. The van der Waals surface area contributed by atoms with Gasteiger partial charge in [-0.1, -0.05) is 50.1 Å². The van der Waals surface area contributed by atoms with Crippen molar-refractivity contribution >= 4 is 18.4 Å². The third-order valence-corrected chi connectivity index (χ3v) is 7.67. The molecule has 0 spiro atoms. The van der Waals surface area contributed by atoms with Crippen LogP contribution in [0.1, 0.15) is 57.3 Å². The number of nitrogens with one attached hydrogen (secondary N) is 2. The van der Waals surface area contributed by atoms with E-state index >= 15 is 0 Å². The minimum atomic E-state index is 0.737. The van der Waals surface area contributed by atoms with Gasteiger partial charge >= 0.3 is 0 Å². The molecule has 2 aliphatic rings. The van der Waals surface area contributed by atoms with Gasteiger partial charge in [0, 0.05) is 30.5 Å². The molecule has 0 saturated carbocycles. The van der Waals surface area contributed by atoms with E-state index in [0.717, 1.165) is 83.0 Å². The van der Waals surface area contributed by atoms with Crippen molar-refractivity contribution in [2.24, 2.45) is 0 Å². The Morgan fingerprint density at radius 1 is 0.974 bits per heavy atom. The zero-order valence-corrected chi connectivity index (χ0v) is 24.0. The Balaban J connectivity index is 1.69. The van der Waals surface area contributed by atoms with E-state index < -0.39 is 0 Å². The second-order valence-electron chi connectivity index (χ2n) is 10.4. The number of likely N-dealkylation sites (tertiary alicyclic amines) is 2. The third kappa shape index (κ3) is 6.69. The molecule has 4 rings (SSSR count). The first kappa shape index (κ1) is 28.4. The number of H-pyrrole nitrogens is 2. The van der Waals surface area contributed by atoms with Gasteiger partial charge in [0.2, 0.25) is 0 Å². The van der Waals surface area contributed by atoms with E-state index in [2.05, 4.69) is 95.9 Å². The average molecular weight is 525 g/mol. The quantitative estimate of drug-likeness (QED) is 0.408. The van der Waals surface area contributed by atoms with Crippen LogP contribution in [0.4, 0.5) is 0 Å². The summed E-state index contributed by atoms with van der Waals surface area (Å²) in [7, 11) is 0. The van der Waals surface area contributed by atoms with Gasteiger partial charge in [0.25, 0.3) is 0 Å². The van der Waals surface area contributed by atoms with Gasteiger partial charge in [0.1, 0.15) is 11.4 Å². The molecule has 0 unspecified atom stereocenters. The zero-order chi connectivity index (χ0) is 27.8. The highest BCUT2D eigenvalue weighted by Gasteiger charge is 2.21. The lowest BCUT2D eigenvalue weighted by Gasteiger charge is -2.30. The molecular formula is C33H44N6. The highest BCUT2D eigenvalue weighted by Crippen LogP contribution is 2.26. The first-order valence-corrected chi connectivity index (χ1v) is 14.3. The Labute approximate surface area is 233 Å². The largest absolute Gasteiger partial charge is 0.370 e. The van der Waals surface area contributed by atoms with Gasteiger partial charge in [-0.05, 0) is 94.8 Å². The van der Waals surface area contributed by atoms with Crippen LogP contribution in [0.2, 0.25) is 0 Å². The Bertz CT molecular complexity index is 1400. The Morgan fingerprint density at radius 2 is 1.67 bits per heavy atom. The molecule has 206 valence electrons. The molecule has 2 N–H and O–H groups in total. The fraction of sp³-hybridized carbons (Fsp3) is 0.394. The van der Waals surface area contributed by atoms with Crippen molar-refractivity contribution in [1.82, 2.24) is 30.0 Å². The number of allylic oxidation sites excluding steroid dienone is 7. The summed E-state index contributed by atoms with van der Waals surface area (Å²) in [4.78, 5) is 13.5. The lowest BCUT2D eigenvalue weighted by atomic mass is 10.0. The second-order valence-corrected chi connectivity index (χ2v) is 10.4. The highest BCUT2D eigenvalue weighted by molar-refractivity contribution is 5.69. The fourth-order valence-electron chi connectivity index (χ4n) is 5.52. The van der Waals surface area contributed by atoms with E-state index in [9.17, 15) is 0 Å². The van der Waals surface area contributed by atoms with Crippen LogP contribution in [-0.2, 0) is 0 Å². The molecular weight excluding hydrogens is 480 g/mol. The molecule has 0 aromatic carbocycles. The van der Waals surface area contributed by atoms with Crippen LogP contribution in [0.15, 0.2) is 66.3 Å². The van der Waals surface area contributed by atoms with Gasteiger partial charge in [-0.2, -0.15) is 5.10 Å². The maximum atomic E-state index is 5.06. The fourth-order valence-corrected chi connectivity index (χ4v) is 5.52. The molecule has 0 aliphatic carbocycles. The number of rotatable bonds is 10. The summed E-state index contributed by atoms with van der Waals surface area (Å²) in [6, 6.07) is 0. The molecule has 2 aliphatic heterocycles. The minimum absolute atomic E-state index is 0.737. The molecule has 2 fully saturated rings. The van der Waals surface area contributed by atoms with Gasteiger partial charge in [-0.25, -0.2) is 4.98 Å². The number of nitrogens with zero attached hydrogens (tertiary/aromatic N) is 4. The average Bonchev–Trinajstić information content (AvgIpc) is 3.69. The number of aromatic nitrogens is 4. The molecule has 2 saturated heterocycles. The molecule has 0 bridgehead atoms. The Kier molecular flexibility index (Phi) is 9.77. The summed E-state index contributed by atoms with van der Waals surface area (Å²) >= 11 is 0. The minimum Gasteiger partial charge on any atom is -0.370 e. The number of hydrogen-bond donors (Lipinski definition) is 2. The molecule has 39 heavy (non-hydrogen) atoms. The number of imidazole rings is 1. The monoisotopic (exact) mass is 524 g/mol. The molecule has 0 radical (unpaired) electrons. The van der Waals surface area contributed by atoms with Crippen molar-refractivity contribution in [1.29, 1.82) is 0 Å². The smallest absolute Gasteiger partial charge is 0.159 e. The molecule has 2 aromatic rings. The van der Waals surface area contributed by atoms with Crippen molar-refractivity contribution < 1.29 is 0 Å². The van der Waals surface area contributed by atoms with Gasteiger partial charge < -0.3 is 9.88 Å². The summed E-state index contributed by atoms with van der Waals surface area (Å²) in [5.74, 6) is 0.737. The summed E-state index contributed by atoms with van der Waals surface area (Å²) < 4.78 is 0. The number of piperidine rings is 1. The van der Waals surface area contributed by atoms with Crippen molar-refractivity contribution in [3.8, 4) is 11.5 Å². The van der Waals surface area contributed by atoms with Crippen molar-refractivity contribution in [2.75, 3.05) is 32.7 Å². The molecule has 0 amide bonds. The van der Waals surface area contributed by atoms with Gasteiger partial charge in [0.05, 0.1) is 11.0 Å². The molecule has 2 aromatic heterocycles.